The first-order chi connectivity index (χ1) is 7.61. The molecule has 92 valence electrons. The smallest absolute Gasteiger partial charge is 0.224 e. The van der Waals surface area contributed by atoms with Crippen LogP contribution in [0.4, 0.5) is 0 Å². The maximum Gasteiger partial charge on any atom is 0.224 e. The third kappa shape index (κ3) is 4.18. The Balaban J connectivity index is 2.20. The molecule has 2 amide bonds. The Hall–Kier alpha value is -1.10. The number of piperidine rings is 1. The van der Waals surface area contributed by atoms with Gasteiger partial charge in [0.2, 0.25) is 11.8 Å². The molecular formula is C11H21N3O2. The number of nitrogens with one attached hydrogen (secondary N) is 2. The molecule has 0 aromatic heterocycles. The molecule has 2 unspecified atom stereocenters. The van der Waals surface area contributed by atoms with Gasteiger partial charge in [-0.25, -0.2) is 0 Å². The van der Waals surface area contributed by atoms with E-state index in [9.17, 15) is 9.59 Å². The Kier molecular flexibility index (Phi) is 5.25. The number of amides is 2. The van der Waals surface area contributed by atoms with Gasteiger partial charge in [0.05, 0.1) is 5.92 Å². The van der Waals surface area contributed by atoms with Crippen molar-refractivity contribution in [1.29, 1.82) is 0 Å². The van der Waals surface area contributed by atoms with Gasteiger partial charge < -0.3 is 16.4 Å². The molecule has 1 fully saturated rings. The molecule has 5 heteroatoms. The summed E-state index contributed by atoms with van der Waals surface area (Å²) in [6.45, 7) is 3.56. The summed E-state index contributed by atoms with van der Waals surface area (Å²) < 4.78 is 0. The van der Waals surface area contributed by atoms with E-state index in [0.717, 1.165) is 19.4 Å². The first-order valence-electron chi connectivity index (χ1n) is 5.90. The Labute approximate surface area is 96.1 Å². The molecule has 1 rings (SSSR count). The normalized spacial score (nSPS) is 25.1. The molecule has 1 saturated heterocycles. The highest BCUT2D eigenvalue weighted by atomic mass is 16.2. The minimum atomic E-state index is -0.318. The number of hydrogen-bond acceptors (Lipinski definition) is 3. The van der Waals surface area contributed by atoms with Crippen LogP contribution in [0.25, 0.3) is 0 Å². The lowest BCUT2D eigenvalue weighted by Crippen LogP contribution is -2.46. The van der Waals surface area contributed by atoms with Gasteiger partial charge in [-0.15, -0.1) is 0 Å². The third-order valence-corrected chi connectivity index (χ3v) is 3.00. The van der Waals surface area contributed by atoms with Crippen LogP contribution in [0.5, 0.6) is 0 Å². The fraction of sp³-hybridized carbons (Fsp3) is 0.818. The van der Waals surface area contributed by atoms with Crippen LogP contribution in [0.3, 0.4) is 0 Å². The number of primary amides is 1. The molecule has 2 atom stereocenters. The van der Waals surface area contributed by atoms with Crippen molar-refractivity contribution in [3.05, 3.63) is 0 Å². The monoisotopic (exact) mass is 227 g/mol. The summed E-state index contributed by atoms with van der Waals surface area (Å²) in [5, 5.41) is 6.14. The summed E-state index contributed by atoms with van der Waals surface area (Å²) in [5.41, 5.74) is 5.01. The van der Waals surface area contributed by atoms with Crippen LogP contribution in [0.2, 0.25) is 0 Å². The highest BCUT2D eigenvalue weighted by Gasteiger charge is 2.26. The second-order valence-corrected chi connectivity index (χ2v) is 4.35. The largest absolute Gasteiger partial charge is 0.370 e. The SMILES string of the molecule is CC1NCCCC1C(=O)NCCCC(N)=O. The molecule has 0 aromatic rings. The van der Waals surface area contributed by atoms with Crippen LogP contribution < -0.4 is 16.4 Å². The molecule has 0 radical (unpaired) electrons. The molecule has 1 aliphatic heterocycles. The highest BCUT2D eigenvalue weighted by molar-refractivity contribution is 5.79. The van der Waals surface area contributed by atoms with Crippen LogP contribution in [0.1, 0.15) is 32.6 Å². The van der Waals surface area contributed by atoms with E-state index in [1.807, 2.05) is 6.92 Å². The molecule has 0 spiro atoms. The number of rotatable bonds is 5. The van der Waals surface area contributed by atoms with Gasteiger partial charge in [0.25, 0.3) is 0 Å². The zero-order valence-corrected chi connectivity index (χ0v) is 9.79. The Morgan fingerprint density at radius 1 is 1.50 bits per heavy atom. The molecule has 0 bridgehead atoms. The van der Waals surface area contributed by atoms with Crippen molar-refractivity contribution >= 4 is 11.8 Å². The number of carbonyl (C=O) groups excluding carboxylic acids is 2. The van der Waals surface area contributed by atoms with Gasteiger partial charge in [0.1, 0.15) is 0 Å². The van der Waals surface area contributed by atoms with E-state index in [2.05, 4.69) is 10.6 Å². The highest BCUT2D eigenvalue weighted by Crippen LogP contribution is 2.16. The third-order valence-electron chi connectivity index (χ3n) is 3.00. The zero-order chi connectivity index (χ0) is 12.0. The van der Waals surface area contributed by atoms with Gasteiger partial charge in [0.15, 0.2) is 0 Å². The van der Waals surface area contributed by atoms with Gasteiger partial charge in [-0.2, -0.15) is 0 Å². The van der Waals surface area contributed by atoms with Gasteiger partial charge in [-0.1, -0.05) is 0 Å². The summed E-state index contributed by atoms with van der Waals surface area (Å²) in [6.07, 6.45) is 2.94. The van der Waals surface area contributed by atoms with Gasteiger partial charge in [-0.3, -0.25) is 9.59 Å². The van der Waals surface area contributed by atoms with Crippen molar-refractivity contribution in [2.45, 2.75) is 38.6 Å². The Bertz CT molecular complexity index is 256. The van der Waals surface area contributed by atoms with Crippen LogP contribution in [0.15, 0.2) is 0 Å². The lowest BCUT2D eigenvalue weighted by Gasteiger charge is -2.28. The summed E-state index contributed by atoms with van der Waals surface area (Å²) >= 11 is 0. The topological polar surface area (TPSA) is 84.2 Å². The molecule has 1 aliphatic rings. The predicted octanol–water partition coefficient (Wildman–Crippen LogP) is -0.244. The van der Waals surface area contributed by atoms with E-state index in [0.29, 0.717) is 19.4 Å². The van der Waals surface area contributed by atoms with Crippen molar-refractivity contribution in [3.8, 4) is 0 Å². The lowest BCUT2D eigenvalue weighted by molar-refractivity contribution is -0.126. The minimum absolute atomic E-state index is 0.0577. The average Bonchev–Trinajstić information content (AvgIpc) is 2.24. The minimum Gasteiger partial charge on any atom is -0.370 e. The maximum absolute atomic E-state index is 11.8. The van der Waals surface area contributed by atoms with E-state index in [-0.39, 0.29) is 23.8 Å². The number of nitrogens with two attached hydrogens (primary N) is 1. The zero-order valence-electron chi connectivity index (χ0n) is 9.79. The molecule has 0 aliphatic carbocycles. The maximum atomic E-state index is 11.8. The molecule has 1 heterocycles. The van der Waals surface area contributed by atoms with Crippen molar-refractivity contribution in [1.82, 2.24) is 10.6 Å². The molecule has 16 heavy (non-hydrogen) atoms. The van der Waals surface area contributed by atoms with Crippen LogP contribution in [-0.2, 0) is 9.59 Å². The summed E-state index contributed by atoms with van der Waals surface area (Å²) in [5.74, 6) is -0.173. The molecular weight excluding hydrogens is 206 g/mol. The van der Waals surface area contributed by atoms with E-state index in [1.54, 1.807) is 0 Å². The summed E-state index contributed by atoms with van der Waals surface area (Å²) in [7, 11) is 0. The second-order valence-electron chi connectivity index (χ2n) is 4.35. The molecule has 5 nitrogen and oxygen atoms in total. The summed E-state index contributed by atoms with van der Waals surface area (Å²) in [6, 6.07) is 0.241. The standard InChI is InChI=1S/C11H21N3O2/c1-8-9(4-2-6-13-8)11(16)14-7-3-5-10(12)15/h8-9,13H,2-7H2,1H3,(H2,12,15)(H,14,16). The molecule has 0 aromatic carbocycles. The lowest BCUT2D eigenvalue weighted by atomic mass is 9.91. The fourth-order valence-corrected chi connectivity index (χ4v) is 2.01. The van der Waals surface area contributed by atoms with Crippen LogP contribution >= 0.6 is 0 Å². The van der Waals surface area contributed by atoms with Crippen molar-refractivity contribution in [3.63, 3.8) is 0 Å². The van der Waals surface area contributed by atoms with Gasteiger partial charge in [-0.05, 0) is 32.7 Å². The van der Waals surface area contributed by atoms with E-state index >= 15 is 0 Å². The van der Waals surface area contributed by atoms with Crippen molar-refractivity contribution in [2.75, 3.05) is 13.1 Å². The second kappa shape index (κ2) is 6.48. The van der Waals surface area contributed by atoms with Crippen molar-refractivity contribution < 1.29 is 9.59 Å². The van der Waals surface area contributed by atoms with E-state index in [4.69, 9.17) is 5.73 Å². The molecule has 4 N–H and O–H groups in total. The van der Waals surface area contributed by atoms with Gasteiger partial charge in [0, 0.05) is 19.0 Å². The first-order valence-corrected chi connectivity index (χ1v) is 5.90. The number of hydrogen-bond donors (Lipinski definition) is 3. The fourth-order valence-electron chi connectivity index (χ4n) is 2.01. The quantitative estimate of drug-likeness (QED) is 0.567. The van der Waals surface area contributed by atoms with Crippen molar-refractivity contribution in [2.24, 2.45) is 11.7 Å². The average molecular weight is 227 g/mol. The van der Waals surface area contributed by atoms with Crippen LogP contribution in [0, 0.1) is 5.92 Å². The number of carbonyl (C=O) groups is 2. The van der Waals surface area contributed by atoms with E-state index in [1.165, 1.54) is 0 Å². The van der Waals surface area contributed by atoms with Gasteiger partial charge >= 0.3 is 0 Å². The van der Waals surface area contributed by atoms with Crippen LogP contribution in [-0.4, -0.2) is 30.9 Å². The summed E-state index contributed by atoms with van der Waals surface area (Å²) in [4.78, 5) is 22.3. The predicted molar refractivity (Wildman–Crippen MR) is 61.6 cm³/mol. The van der Waals surface area contributed by atoms with E-state index < -0.39 is 0 Å². The first kappa shape index (κ1) is 13.0. The Morgan fingerprint density at radius 3 is 2.88 bits per heavy atom. The Morgan fingerprint density at radius 2 is 2.25 bits per heavy atom. The molecule has 0 saturated carbocycles.